The lowest BCUT2D eigenvalue weighted by Crippen LogP contribution is -2.36. The molecule has 6 heteroatoms. The summed E-state index contributed by atoms with van der Waals surface area (Å²) in [7, 11) is -3.36. The van der Waals surface area contributed by atoms with Crippen LogP contribution in [0.15, 0.2) is 15.7 Å². The van der Waals surface area contributed by atoms with Gasteiger partial charge in [0.25, 0.3) is 0 Å². The maximum Gasteiger partial charge on any atom is 0.250 e. The lowest BCUT2D eigenvalue weighted by molar-refractivity contribution is 0.424. The average Bonchev–Trinajstić information content (AvgIpc) is 3.07. The molecule has 1 aliphatic rings. The van der Waals surface area contributed by atoms with E-state index >= 15 is 0 Å². The van der Waals surface area contributed by atoms with Crippen LogP contribution in [0.2, 0.25) is 0 Å². The van der Waals surface area contributed by atoms with Gasteiger partial charge in [-0.15, -0.1) is 11.3 Å². The predicted molar refractivity (Wildman–Crippen MR) is 83.4 cm³/mol. The highest BCUT2D eigenvalue weighted by atomic mass is 32.2. The maximum atomic E-state index is 12.4. The number of hydrogen-bond donors (Lipinski definition) is 2. The lowest BCUT2D eigenvalue weighted by Gasteiger charge is -2.19. The van der Waals surface area contributed by atoms with Gasteiger partial charge in [-0.25, -0.2) is 13.1 Å². The van der Waals surface area contributed by atoms with E-state index < -0.39 is 10.0 Å². The van der Waals surface area contributed by atoms with Crippen molar-refractivity contribution in [1.29, 1.82) is 0 Å². The first kappa shape index (κ1) is 15.9. The first-order valence-electron chi connectivity index (χ1n) is 7.33. The van der Waals surface area contributed by atoms with Crippen molar-refractivity contribution in [3.05, 3.63) is 17.0 Å². The molecule has 1 aromatic rings. The Labute approximate surface area is 126 Å². The van der Waals surface area contributed by atoms with Crippen LogP contribution in [0.5, 0.6) is 0 Å². The molecule has 0 spiro atoms. The second kappa shape index (κ2) is 7.02. The molecule has 2 N–H and O–H groups in total. The summed E-state index contributed by atoms with van der Waals surface area (Å²) in [5, 5.41) is 5.12. The van der Waals surface area contributed by atoms with Gasteiger partial charge >= 0.3 is 0 Å². The van der Waals surface area contributed by atoms with E-state index in [1.807, 2.05) is 19.2 Å². The molecule has 1 aromatic heterocycles. The number of thiophene rings is 1. The summed E-state index contributed by atoms with van der Waals surface area (Å²) in [4.78, 5) is 0. The second-order valence-electron chi connectivity index (χ2n) is 5.51. The topological polar surface area (TPSA) is 58.2 Å². The third-order valence-corrected chi connectivity index (χ3v) is 6.97. The first-order valence-corrected chi connectivity index (χ1v) is 9.69. The minimum absolute atomic E-state index is 0.0295. The SMILES string of the molecule is CCNCc1csc(S(=O)(=O)NC(C)C2CCCC2)c1. The highest BCUT2D eigenvalue weighted by molar-refractivity contribution is 7.91. The van der Waals surface area contributed by atoms with Crippen LogP contribution in [0.25, 0.3) is 0 Å². The Morgan fingerprint density at radius 3 is 2.75 bits per heavy atom. The molecular weight excluding hydrogens is 292 g/mol. The molecule has 20 heavy (non-hydrogen) atoms. The molecule has 0 amide bonds. The van der Waals surface area contributed by atoms with Gasteiger partial charge in [0, 0.05) is 12.6 Å². The van der Waals surface area contributed by atoms with Crippen LogP contribution in [-0.2, 0) is 16.6 Å². The van der Waals surface area contributed by atoms with Crippen molar-refractivity contribution in [3.8, 4) is 0 Å². The monoisotopic (exact) mass is 316 g/mol. The van der Waals surface area contributed by atoms with Crippen molar-refractivity contribution >= 4 is 21.4 Å². The van der Waals surface area contributed by atoms with Gasteiger partial charge in [-0.05, 0) is 49.2 Å². The molecule has 1 heterocycles. The Hall–Kier alpha value is -0.430. The van der Waals surface area contributed by atoms with E-state index in [1.54, 1.807) is 6.07 Å². The van der Waals surface area contributed by atoms with Crippen LogP contribution in [0.4, 0.5) is 0 Å². The zero-order chi connectivity index (χ0) is 14.6. The highest BCUT2D eigenvalue weighted by Crippen LogP contribution is 2.29. The molecule has 2 rings (SSSR count). The zero-order valence-corrected chi connectivity index (χ0v) is 13.8. The molecule has 0 saturated heterocycles. The minimum atomic E-state index is -3.36. The normalized spacial score (nSPS) is 18.5. The van der Waals surface area contributed by atoms with Crippen molar-refractivity contribution < 1.29 is 8.42 Å². The van der Waals surface area contributed by atoms with Crippen LogP contribution < -0.4 is 10.0 Å². The van der Waals surface area contributed by atoms with Crippen LogP contribution >= 0.6 is 11.3 Å². The van der Waals surface area contributed by atoms with Crippen molar-refractivity contribution in [2.75, 3.05) is 6.54 Å². The molecule has 0 bridgehead atoms. The summed E-state index contributed by atoms with van der Waals surface area (Å²) in [6.07, 6.45) is 4.73. The summed E-state index contributed by atoms with van der Waals surface area (Å²) in [6.45, 7) is 5.63. The van der Waals surface area contributed by atoms with Gasteiger partial charge in [-0.1, -0.05) is 19.8 Å². The van der Waals surface area contributed by atoms with E-state index in [0.717, 1.165) is 31.5 Å². The van der Waals surface area contributed by atoms with Gasteiger partial charge in [-0.2, -0.15) is 0 Å². The van der Waals surface area contributed by atoms with Crippen molar-refractivity contribution in [2.24, 2.45) is 5.92 Å². The summed E-state index contributed by atoms with van der Waals surface area (Å²) < 4.78 is 28.0. The van der Waals surface area contributed by atoms with Gasteiger partial charge in [-0.3, -0.25) is 0 Å². The van der Waals surface area contributed by atoms with Crippen LogP contribution in [0.1, 0.15) is 45.1 Å². The van der Waals surface area contributed by atoms with Gasteiger partial charge in [0.15, 0.2) is 0 Å². The molecule has 1 saturated carbocycles. The van der Waals surface area contributed by atoms with E-state index in [-0.39, 0.29) is 6.04 Å². The van der Waals surface area contributed by atoms with Crippen molar-refractivity contribution in [2.45, 2.75) is 56.3 Å². The fourth-order valence-electron chi connectivity index (χ4n) is 2.71. The van der Waals surface area contributed by atoms with Crippen molar-refractivity contribution in [3.63, 3.8) is 0 Å². The molecule has 0 aliphatic heterocycles. The minimum Gasteiger partial charge on any atom is -0.313 e. The van der Waals surface area contributed by atoms with E-state index in [2.05, 4.69) is 10.0 Å². The molecule has 1 atom stereocenters. The van der Waals surface area contributed by atoms with E-state index in [0.29, 0.717) is 10.1 Å². The molecule has 114 valence electrons. The Kier molecular flexibility index (Phi) is 5.60. The van der Waals surface area contributed by atoms with Gasteiger partial charge < -0.3 is 5.32 Å². The molecule has 4 nitrogen and oxygen atoms in total. The zero-order valence-electron chi connectivity index (χ0n) is 12.2. The van der Waals surface area contributed by atoms with Crippen molar-refractivity contribution in [1.82, 2.24) is 10.0 Å². The number of rotatable bonds is 7. The molecule has 0 radical (unpaired) electrons. The summed E-state index contributed by atoms with van der Waals surface area (Å²) in [6, 6.07) is 1.80. The quantitative estimate of drug-likeness (QED) is 0.813. The van der Waals surface area contributed by atoms with Gasteiger partial charge in [0.05, 0.1) is 0 Å². The Morgan fingerprint density at radius 1 is 1.40 bits per heavy atom. The fraction of sp³-hybridized carbons (Fsp3) is 0.714. The van der Waals surface area contributed by atoms with E-state index in [4.69, 9.17) is 0 Å². The number of nitrogens with one attached hydrogen (secondary N) is 2. The summed E-state index contributed by atoms with van der Waals surface area (Å²) in [5.74, 6) is 0.492. The molecular formula is C14H24N2O2S2. The largest absolute Gasteiger partial charge is 0.313 e. The first-order chi connectivity index (χ1) is 9.53. The van der Waals surface area contributed by atoms with E-state index in [9.17, 15) is 8.42 Å². The lowest BCUT2D eigenvalue weighted by atomic mass is 10.0. The van der Waals surface area contributed by atoms with Crippen LogP contribution in [-0.4, -0.2) is 21.0 Å². The average molecular weight is 316 g/mol. The molecule has 1 aliphatic carbocycles. The number of sulfonamides is 1. The fourth-order valence-corrected chi connectivity index (χ4v) is 5.25. The third-order valence-electron chi connectivity index (χ3n) is 3.92. The van der Waals surface area contributed by atoms with E-state index in [1.165, 1.54) is 24.2 Å². The Bertz CT molecular complexity index is 519. The van der Waals surface area contributed by atoms with Crippen LogP contribution in [0, 0.1) is 5.92 Å². The smallest absolute Gasteiger partial charge is 0.250 e. The third kappa shape index (κ3) is 4.04. The standard InChI is InChI=1S/C14H24N2O2S2/c1-3-15-9-12-8-14(19-10-12)20(17,18)16-11(2)13-6-4-5-7-13/h8,10-11,13,15-16H,3-7,9H2,1-2H3. The predicted octanol–water partition coefficient (Wildman–Crippen LogP) is 2.71. The molecule has 1 unspecified atom stereocenters. The maximum absolute atomic E-state index is 12.4. The summed E-state index contributed by atoms with van der Waals surface area (Å²) >= 11 is 1.30. The second-order valence-corrected chi connectivity index (χ2v) is 8.36. The van der Waals surface area contributed by atoms with Crippen LogP contribution in [0.3, 0.4) is 0 Å². The summed E-state index contributed by atoms with van der Waals surface area (Å²) in [5.41, 5.74) is 1.03. The Morgan fingerprint density at radius 2 is 2.10 bits per heavy atom. The molecule has 0 aromatic carbocycles. The van der Waals surface area contributed by atoms with Gasteiger partial charge in [0.1, 0.15) is 4.21 Å². The molecule has 1 fully saturated rings. The van der Waals surface area contributed by atoms with Gasteiger partial charge in [0.2, 0.25) is 10.0 Å². The highest BCUT2D eigenvalue weighted by Gasteiger charge is 2.26. The number of hydrogen-bond acceptors (Lipinski definition) is 4. The Balaban J connectivity index is 2.00.